The second-order valence-electron chi connectivity index (χ2n) is 4.91. The minimum Gasteiger partial charge on any atom is -0.370 e. The number of hydrogen-bond acceptors (Lipinski definition) is 3. The first-order valence-electron chi connectivity index (χ1n) is 6.12. The van der Waals surface area contributed by atoms with Crippen molar-refractivity contribution in [2.75, 3.05) is 26.9 Å². The quantitative estimate of drug-likeness (QED) is 0.557. The molecule has 0 radical (unpaired) electrons. The Kier molecular flexibility index (Phi) is 5.58. The van der Waals surface area contributed by atoms with E-state index in [1.807, 2.05) is 0 Å². The SMILES string of the molecule is COCNCC1C(C)CCCN1C(C)C. The van der Waals surface area contributed by atoms with E-state index in [4.69, 9.17) is 4.74 Å². The van der Waals surface area contributed by atoms with Crippen molar-refractivity contribution in [2.45, 2.75) is 45.7 Å². The van der Waals surface area contributed by atoms with Crippen molar-refractivity contribution in [3.8, 4) is 0 Å². The van der Waals surface area contributed by atoms with E-state index < -0.39 is 0 Å². The van der Waals surface area contributed by atoms with Crippen LogP contribution < -0.4 is 5.32 Å². The van der Waals surface area contributed by atoms with E-state index >= 15 is 0 Å². The molecule has 0 aromatic carbocycles. The fourth-order valence-electron chi connectivity index (χ4n) is 2.55. The van der Waals surface area contributed by atoms with Gasteiger partial charge in [-0.05, 0) is 39.2 Å². The smallest absolute Gasteiger partial charge is 0.0961 e. The average Bonchev–Trinajstić information content (AvgIpc) is 2.20. The van der Waals surface area contributed by atoms with Crippen molar-refractivity contribution in [1.29, 1.82) is 0 Å². The Morgan fingerprint density at radius 3 is 2.80 bits per heavy atom. The van der Waals surface area contributed by atoms with E-state index in [0.717, 1.165) is 12.5 Å². The lowest BCUT2D eigenvalue weighted by atomic mass is 9.89. The molecular weight excluding hydrogens is 188 g/mol. The molecule has 0 aromatic heterocycles. The molecule has 15 heavy (non-hydrogen) atoms. The summed E-state index contributed by atoms with van der Waals surface area (Å²) in [5, 5.41) is 3.36. The molecule has 0 aromatic rings. The lowest BCUT2D eigenvalue weighted by Crippen LogP contribution is -2.52. The largest absolute Gasteiger partial charge is 0.370 e. The van der Waals surface area contributed by atoms with Crippen molar-refractivity contribution in [2.24, 2.45) is 5.92 Å². The van der Waals surface area contributed by atoms with Crippen LogP contribution in [-0.2, 0) is 4.74 Å². The van der Waals surface area contributed by atoms with Gasteiger partial charge in [-0.3, -0.25) is 10.2 Å². The van der Waals surface area contributed by atoms with E-state index in [-0.39, 0.29) is 0 Å². The molecule has 3 nitrogen and oxygen atoms in total. The maximum atomic E-state index is 5.03. The number of nitrogens with one attached hydrogen (secondary N) is 1. The molecule has 2 unspecified atom stereocenters. The van der Waals surface area contributed by atoms with Gasteiger partial charge in [-0.15, -0.1) is 0 Å². The maximum absolute atomic E-state index is 5.03. The third-order valence-electron chi connectivity index (χ3n) is 3.42. The molecule has 1 aliphatic heterocycles. The summed E-state index contributed by atoms with van der Waals surface area (Å²) in [6.45, 7) is 9.92. The summed E-state index contributed by atoms with van der Waals surface area (Å²) < 4.78 is 5.03. The Balaban J connectivity index is 2.45. The van der Waals surface area contributed by atoms with Crippen molar-refractivity contribution < 1.29 is 4.74 Å². The Bertz CT molecular complexity index is 173. The molecular formula is C12H26N2O. The first-order valence-corrected chi connectivity index (χ1v) is 6.12. The standard InChI is InChI=1S/C12H26N2O/c1-10(2)14-7-5-6-11(3)12(14)8-13-9-15-4/h10-13H,5-9H2,1-4H3. The van der Waals surface area contributed by atoms with Crippen LogP contribution in [0.4, 0.5) is 0 Å². The lowest BCUT2D eigenvalue weighted by Gasteiger charge is -2.42. The minimum atomic E-state index is 0.655. The molecule has 0 saturated carbocycles. The van der Waals surface area contributed by atoms with Crippen LogP contribution in [0.1, 0.15) is 33.6 Å². The molecule has 0 spiro atoms. The first kappa shape index (κ1) is 12.9. The van der Waals surface area contributed by atoms with Crippen molar-refractivity contribution in [3.63, 3.8) is 0 Å². The first-order chi connectivity index (χ1) is 7.16. The lowest BCUT2D eigenvalue weighted by molar-refractivity contribution is 0.0621. The topological polar surface area (TPSA) is 24.5 Å². The third-order valence-corrected chi connectivity index (χ3v) is 3.42. The van der Waals surface area contributed by atoms with Crippen LogP contribution in [0.3, 0.4) is 0 Å². The number of likely N-dealkylation sites (tertiary alicyclic amines) is 1. The number of hydrogen-bond donors (Lipinski definition) is 1. The van der Waals surface area contributed by atoms with Crippen LogP contribution in [0.25, 0.3) is 0 Å². The van der Waals surface area contributed by atoms with Gasteiger partial charge >= 0.3 is 0 Å². The summed E-state index contributed by atoms with van der Waals surface area (Å²) in [7, 11) is 1.73. The predicted molar refractivity (Wildman–Crippen MR) is 63.9 cm³/mol. The molecule has 3 heteroatoms. The molecule has 0 amide bonds. The fourth-order valence-corrected chi connectivity index (χ4v) is 2.55. The van der Waals surface area contributed by atoms with Crippen LogP contribution in [0.2, 0.25) is 0 Å². The van der Waals surface area contributed by atoms with E-state index in [0.29, 0.717) is 18.8 Å². The zero-order chi connectivity index (χ0) is 11.3. The number of nitrogens with zero attached hydrogens (tertiary/aromatic N) is 1. The fraction of sp³-hybridized carbons (Fsp3) is 1.00. The zero-order valence-corrected chi connectivity index (χ0v) is 10.6. The van der Waals surface area contributed by atoms with Gasteiger partial charge in [-0.2, -0.15) is 0 Å². The van der Waals surface area contributed by atoms with Crippen LogP contribution in [0, 0.1) is 5.92 Å². The van der Waals surface area contributed by atoms with Gasteiger partial charge in [-0.25, -0.2) is 0 Å². The molecule has 0 aliphatic carbocycles. The molecule has 1 fully saturated rings. The molecule has 1 rings (SSSR count). The third kappa shape index (κ3) is 3.74. The highest BCUT2D eigenvalue weighted by Crippen LogP contribution is 2.24. The summed E-state index contributed by atoms with van der Waals surface area (Å²) in [4.78, 5) is 2.62. The molecule has 1 heterocycles. The summed E-state index contributed by atoms with van der Waals surface area (Å²) >= 11 is 0. The Morgan fingerprint density at radius 1 is 1.47 bits per heavy atom. The predicted octanol–water partition coefficient (Wildman–Crippen LogP) is 1.69. The van der Waals surface area contributed by atoms with Gasteiger partial charge in [0.25, 0.3) is 0 Å². The minimum absolute atomic E-state index is 0.655. The monoisotopic (exact) mass is 214 g/mol. The molecule has 2 atom stereocenters. The summed E-state index contributed by atoms with van der Waals surface area (Å²) in [6, 6.07) is 1.33. The van der Waals surface area contributed by atoms with Gasteiger partial charge in [0.2, 0.25) is 0 Å². The van der Waals surface area contributed by atoms with Gasteiger partial charge in [0.05, 0.1) is 6.73 Å². The summed E-state index contributed by atoms with van der Waals surface area (Å²) in [5.41, 5.74) is 0. The number of methoxy groups -OCH3 is 1. The van der Waals surface area contributed by atoms with Crippen LogP contribution in [-0.4, -0.2) is 43.9 Å². The molecule has 0 bridgehead atoms. The Hall–Kier alpha value is -0.120. The van der Waals surface area contributed by atoms with Crippen molar-refractivity contribution in [3.05, 3.63) is 0 Å². The van der Waals surface area contributed by atoms with Crippen molar-refractivity contribution >= 4 is 0 Å². The zero-order valence-electron chi connectivity index (χ0n) is 10.6. The van der Waals surface area contributed by atoms with Gasteiger partial charge in [0, 0.05) is 25.7 Å². The Morgan fingerprint density at radius 2 is 2.20 bits per heavy atom. The second kappa shape index (κ2) is 6.46. The molecule has 90 valence electrons. The van der Waals surface area contributed by atoms with E-state index in [1.165, 1.54) is 19.4 Å². The van der Waals surface area contributed by atoms with E-state index in [9.17, 15) is 0 Å². The Labute approximate surface area is 94.2 Å². The summed E-state index contributed by atoms with van der Waals surface area (Å²) in [6.07, 6.45) is 2.71. The molecule has 1 N–H and O–H groups in total. The van der Waals surface area contributed by atoms with Crippen LogP contribution >= 0.6 is 0 Å². The molecule has 1 aliphatic rings. The average molecular weight is 214 g/mol. The second-order valence-corrected chi connectivity index (χ2v) is 4.91. The highest BCUT2D eigenvalue weighted by Gasteiger charge is 2.29. The van der Waals surface area contributed by atoms with Crippen molar-refractivity contribution in [1.82, 2.24) is 10.2 Å². The van der Waals surface area contributed by atoms with Crippen LogP contribution in [0.15, 0.2) is 0 Å². The highest BCUT2D eigenvalue weighted by atomic mass is 16.5. The van der Waals surface area contributed by atoms with E-state index in [2.05, 4.69) is 31.0 Å². The highest BCUT2D eigenvalue weighted by molar-refractivity contribution is 4.85. The van der Waals surface area contributed by atoms with Gasteiger partial charge in [-0.1, -0.05) is 6.92 Å². The number of piperidine rings is 1. The van der Waals surface area contributed by atoms with Gasteiger partial charge in [0.15, 0.2) is 0 Å². The normalized spacial score (nSPS) is 28.6. The van der Waals surface area contributed by atoms with Gasteiger partial charge in [0.1, 0.15) is 0 Å². The number of ether oxygens (including phenoxy) is 1. The summed E-state index contributed by atoms with van der Waals surface area (Å²) in [5.74, 6) is 0.797. The molecule has 1 saturated heterocycles. The van der Waals surface area contributed by atoms with E-state index in [1.54, 1.807) is 7.11 Å². The van der Waals surface area contributed by atoms with Crippen LogP contribution in [0.5, 0.6) is 0 Å². The van der Waals surface area contributed by atoms with Gasteiger partial charge < -0.3 is 4.74 Å². The maximum Gasteiger partial charge on any atom is 0.0961 e. The number of rotatable bonds is 5.